The number of hydrogen-bond donors (Lipinski definition) is 1. The van der Waals surface area contributed by atoms with E-state index in [4.69, 9.17) is 11.6 Å². The molecule has 0 bridgehead atoms. The number of rotatable bonds is 3. The molecule has 3 nitrogen and oxygen atoms in total. The molecule has 0 saturated heterocycles. The Hall–Kier alpha value is -1.87. The Kier molecular flexibility index (Phi) is 4.40. The smallest absolute Gasteiger partial charge is 0.255 e. The van der Waals surface area contributed by atoms with E-state index in [9.17, 15) is 4.79 Å². The molecule has 0 spiro atoms. The maximum Gasteiger partial charge on any atom is 0.255 e. The van der Waals surface area contributed by atoms with E-state index in [-0.39, 0.29) is 5.91 Å². The number of benzene rings is 1. The van der Waals surface area contributed by atoms with Gasteiger partial charge in [-0.3, -0.25) is 4.79 Å². The predicted molar refractivity (Wildman–Crippen MR) is 82.5 cm³/mol. The zero-order valence-electron chi connectivity index (χ0n) is 11.8. The van der Waals surface area contributed by atoms with E-state index in [1.807, 2.05) is 31.2 Å². The SMILES string of the molecule is Cc1cc(C(=O)Nc2ccccc2C(C)C)cc(Cl)n1. The summed E-state index contributed by atoms with van der Waals surface area (Å²) in [4.78, 5) is 16.4. The number of pyridine rings is 1. The highest BCUT2D eigenvalue weighted by Crippen LogP contribution is 2.24. The molecule has 0 radical (unpaired) electrons. The molecule has 1 aromatic carbocycles. The minimum absolute atomic E-state index is 0.175. The number of halogens is 1. The zero-order valence-corrected chi connectivity index (χ0v) is 12.5. The van der Waals surface area contributed by atoms with E-state index in [1.54, 1.807) is 12.1 Å². The van der Waals surface area contributed by atoms with E-state index in [0.717, 1.165) is 16.9 Å². The highest BCUT2D eigenvalue weighted by atomic mass is 35.5. The third-order valence-electron chi connectivity index (χ3n) is 3.02. The molecular formula is C16H17ClN2O. The van der Waals surface area contributed by atoms with Gasteiger partial charge in [-0.25, -0.2) is 4.98 Å². The lowest BCUT2D eigenvalue weighted by atomic mass is 10.0. The summed E-state index contributed by atoms with van der Waals surface area (Å²) in [5.41, 5.74) is 3.18. The Labute approximate surface area is 124 Å². The van der Waals surface area contributed by atoms with Gasteiger partial charge in [0.15, 0.2) is 0 Å². The van der Waals surface area contributed by atoms with Gasteiger partial charge in [0.2, 0.25) is 0 Å². The van der Waals surface area contributed by atoms with E-state index in [1.165, 1.54) is 0 Å². The standard InChI is InChI=1S/C16H17ClN2O/c1-10(2)13-6-4-5-7-14(13)19-16(20)12-8-11(3)18-15(17)9-12/h4-10H,1-3H3,(H,19,20). The number of para-hydroxylation sites is 1. The van der Waals surface area contributed by atoms with Crippen LogP contribution in [0.4, 0.5) is 5.69 Å². The van der Waals surface area contributed by atoms with Crippen molar-refractivity contribution in [1.82, 2.24) is 4.98 Å². The number of aromatic nitrogens is 1. The maximum absolute atomic E-state index is 12.3. The Morgan fingerprint density at radius 1 is 1.25 bits per heavy atom. The van der Waals surface area contributed by atoms with Crippen LogP contribution in [0.3, 0.4) is 0 Å². The normalized spacial score (nSPS) is 10.7. The fraction of sp³-hybridized carbons (Fsp3) is 0.250. The second-order valence-corrected chi connectivity index (χ2v) is 5.40. The molecule has 0 aliphatic heterocycles. The summed E-state index contributed by atoms with van der Waals surface area (Å²) in [6, 6.07) is 11.1. The summed E-state index contributed by atoms with van der Waals surface area (Å²) in [5, 5.41) is 3.26. The van der Waals surface area contributed by atoms with Gasteiger partial charge < -0.3 is 5.32 Å². The molecule has 2 aromatic rings. The molecule has 1 heterocycles. The molecule has 0 fully saturated rings. The highest BCUT2D eigenvalue weighted by molar-refractivity contribution is 6.29. The predicted octanol–water partition coefficient (Wildman–Crippen LogP) is 4.42. The van der Waals surface area contributed by atoms with Gasteiger partial charge in [-0.1, -0.05) is 43.6 Å². The van der Waals surface area contributed by atoms with Gasteiger partial charge in [0.1, 0.15) is 5.15 Å². The number of hydrogen-bond acceptors (Lipinski definition) is 2. The van der Waals surface area contributed by atoms with Crippen LogP contribution in [-0.4, -0.2) is 10.9 Å². The number of carbonyl (C=O) groups excluding carboxylic acids is 1. The first kappa shape index (κ1) is 14.5. The summed E-state index contributed by atoms with van der Waals surface area (Å²) in [5.74, 6) is 0.166. The second kappa shape index (κ2) is 6.06. The minimum Gasteiger partial charge on any atom is -0.322 e. The Morgan fingerprint density at radius 2 is 1.95 bits per heavy atom. The van der Waals surface area contributed by atoms with Crippen molar-refractivity contribution in [2.45, 2.75) is 26.7 Å². The number of carbonyl (C=O) groups is 1. The third kappa shape index (κ3) is 3.36. The van der Waals surface area contributed by atoms with Crippen LogP contribution in [0.1, 0.15) is 41.4 Å². The molecule has 1 N–H and O–H groups in total. The maximum atomic E-state index is 12.3. The van der Waals surface area contributed by atoms with Crippen molar-refractivity contribution in [3.63, 3.8) is 0 Å². The van der Waals surface area contributed by atoms with Crippen LogP contribution in [0.5, 0.6) is 0 Å². The third-order valence-corrected chi connectivity index (χ3v) is 3.21. The summed E-state index contributed by atoms with van der Waals surface area (Å²) in [7, 11) is 0. The van der Waals surface area contributed by atoms with Crippen molar-refractivity contribution in [2.75, 3.05) is 5.32 Å². The lowest BCUT2D eigenvalue weighted by Gasteiger charge is -2.13. The largest absolute Gasteiger partial charge is 0.322 e. The van der Waals surface area contributed by atoms with Crippen LogP contribution < -0.4 is 5.32 Å². The molecular weight excluding hydrogens is 272 g/mol. The van der Waals surface area contributed by atoms with Crippen molar-refractivity contribution >= 4 is 23.2 Å². The number of amides is 1. The van der Waals surface area contributed by atoms with Crippen LogP contribution >= 0.6 is 11.6 Å². The minimum atomic E-state index is -0.175. The summed E-state index contributed by atoms with van der Waals surface area (Å²) in [6.45, 7) is 6.00. The first-order valence-corrected chi connectivity index (χ1v) is 6.89. The van der Waals surface area contributed by atoms with E-state index in [2.05, 4.69) is 24.1 Å². The van der Waals surface area contributed by atoms with Gasteiger partial charge >= 0.3 is 0 Å². The zero-order chi connectivity index (χ0) is 14.7. The average Bonchev–Trinajstić information content (AvgIpc) is 2.37. The highest BCUT2D eigenvalue weighted by Gasteiger charge is 2.12. The van der Waals surface area contributed by atoms with Crippen molar-refractivity contribution in [2.24, 2.45) is 0 Å². The molecule has 0 atom stereocenters. The van der Waals surface area contributed by atoms with Crippen LogP contribution in [0, 0.1) is 6.92 Å². The molecule has 1 amide bonds. The van der Waals surface area contributed by atoms with Gasteiger partial charge in [0, 0.05) is 16.9 Å². The lowest BCUT2D eigenvalue weighted by Crippen LogP contribution is -2.14. The number of nitrogens with zero attached hydrogens (tertiary/aromatic N) is 1. The Morgan fingerprint density at radius 3 is 2.60 bits per heavy atom. The van der Waals surface area contributed by atoms with Crippen LogP contribution in [0.2, 0.25) is 5.15 Å². The van der Waals surface area contributed by atoms with Gasteiger partial charge in [-0.2, -0.15) is 0 Å². The fourth-order valence-corrected chi connectivity index (χ4v) is 2.32. The summed E-state index contributed by atoms with van der Waals surface area (Å²) in [6.07, 6.45) is 0. The van der Waals surface area contributed by atoms with Gasteiger partial charge in [-0.15, -0.1) is 0 Å². The van der Waals surface area contributed by atoms with E-state index in [0.29, 0.717) is 16.6 Å². The average molecular weight is 289 g/mol. The van der Waals surface area contributed by atoms with Crippen LogP contribution in [0.15, 0.2) is 36.4 Å². The first-order chi connectivity index (χ1) is 9.47. The topological polar surface area (TPSA) is 42.0 Å². The Bertz CT molecular complexity index is 618. The van der Waals surface area contributed by atoms with Crippen molar-refractivity contribution in [3.05, 3.63) is 58.4 Å². The van der Waals surface area contributed by atoms with Crippen LogP contribution in [0.25, 0.3) is 0 Å². The molecule has 0 aliphatic carbocycles. The number of aryl methyl sites for hydroxylation is 1. The van der Waals surface area contributed by atoms with E-state index >= 15 is 0 Å². The van der Waals surface area contributed by atoms with Crippen molar-refractivity contribution < 1.29 is 4.79 Å². The van der Waals surface area contributed by atoms with Gasteiger partial charge in [0.25, 0.3) is 5.91 Å². The second-order valence-electron chi connectivity index (χ2n) is 5.02. The fourth-order valence-electron chi connectivity index (χ4n) is 2.07. The lowest BCUT2D eigenvalue weighted by molar-refractivity contribution is 0.102. The summed E-state index contributed by atoms with van der Waals surface area (Å²) < 4.78 is 0. The molecule has 4 heteroatoms. The molecule has 0 unspecified atom stereocenters. The Balaban J connectivity index is 2.28. The van der Waals surface area contributed by atoms with Crippen molar-refractivity contribution in [1.29, 1.82) is 0 Å². The molecule has 1 aromatic heterocycles. The van der Waals surface area contributed by atoms with Crippen molar-refractivity contribution in [3.8, 4) is 0 Å². The van der Waals surface area contributed by atoms with Gasteiger partial charge in [0.05, 0.1) is 0 Å². The quantitative estimate of drug-likeness (QED) is 0.850. The monoisotopic (exact) mass is 288 g/mol. The van der Waals surface area contributed by atoms with Gasteiger partial charge in [-0.05, 0) is 36.6 Å². The molecule has 2 rings (SSSR count). The molecule has 20 heavy (non-hydrogen) atoms. The first-order valence-electron chi connectivity index (χ1n) is 6.52. The molecule has 0 aliphatic rings. The number of nitrogens with one attached hydrogen (secondary N) is 1. The van der Waals surface area contributed by atoms with Crippen LogP contribution in [-0.2, 0) is 0 Å². The number of anilines is 1. The molecule has 0 saturated carbocycles. The molecule has 104 valence electrons. The van der Waals surface area contributed by atoms with E-state index < -0.39 is 0 Å². The summed E-state index contributed by atoms with van der Waals surface area (Å²) >= 11 is 5.89.